The summed E-state index contributed by atoms with van der Waals surface area (Å²) in [6.45, 7) is 3.23. The fourth-order valence-corrected chi connectivity index (χ4v) is 5.12. The van der Waals surface area contributed by atoms with Crippen LogP contribution in [-0.2, 0) is 10.9 Å². The lowest BCUT2D eigenvalue weighted by Gasteiger charge is -2.15. The molecule has 0 amide bonds. The lowest BCUT2D eigenvalue weighted by molar-refractivity contribution is 0.564. The van der Waals surface area contributed by atoms with Gasteiger partial charge in [-0.2, -0.15) is 9.98 Å². The van der Waals surface area contributed by atoms with Gasteiger partial charge >= 0.3 is 5.17 Å². The van der Waals surface area contributed by atoms with Crippen LogP contribution >= 0.6 is 11.8 Å². The molecule has 4 nitrogen and oxygen atoms in total. The van der Waals surface area contributed by atoms with E-state index >= 15 is 0 Å². The van der Waals surface area contributed by atoms with Crippen molar-refractivity contribution in [2.45, 2.75) is 0 Å². The fraction of sp³-hybridized carbons (Fsp3) is 0.467. The quantitative estimate of drug-likeness (QED) is 0.488. The Balaban J connectivity index is 1.88. The highest BCUT2D eigenvalue weighted by molar-refractivity contribution is 8.14. The topological polar surface area (TPSA) is 40.0 Å². The summed E-state index contributed by atoms with van der Waals surface area (Å²) in [4.78, 5) is 12.0. The third kappa shape index (κ3) is 4.02. The van der Waals surface area contributed by atoms with E-state index in [0.717, 1.165) is 52.9 Å². The van der Waals surface area contributed by atoms with Crippen molar-refractivity contribution in [3.8, 4) is 0 Å². The third-order valence-electron chi connectivity index (χ3n) is 3.47. The van der Waals surface area contributed by atoms with Crippen molar-refractivity contribution in [1.29, 1.82) is 0 Å². The first-order valence-electron chi connectivity index (χ1n) is 7.27. The van der Waals surface area contributed by atoms with Crippen molar-refractivity contribution in [3.05, 3.63) is 30.3 Å². The summed E-state index contributed by atoms with van der Waals surface area (Å²) in [7, 11) is 2.28. The van der Waals surface area contributed by atoms with Crippen LogP contribution < -0.4 is 5.32 Å². The van der Waals surface area contributed by atoms with E-state index in [4.69, 9.17) is 9.98 Å². The summed E-state index contributed by atoms with van der Waals surface area (Å²) in [5, 5.41) is 5.57. The number of nitrogens with zero attached hydrogens (tertiary/aromatic N) is 3. The molecule has 6 heteroatoms. The number of thioether (sulfide) groups is 1. The first kappa shape index (κ1) is 14.9. The molecule has 0 atom stereocenters. The monoisotopic (exact) mass is 321 g/mol. The second-order valence-corrected chi connectivity index (χ2v) is 8.27. The number of para-hydroxylation sites is 1. The largest absolute Gasteiger partial charge is 0.353 e. The number of nitrogens with one attached hydrogen (secondary N) is 1. The van der Waals surface area contributed by atoms with Crippen molar-refractivity contribution in [1.82, 2.24) is 10.2 Å². The predicted octanol–water partition coefficient (Wildman–Crippen LogP) is 1.93. The lowest BCUT2D eigenvalue weighted by Crippen LogP contribution is -2.39. The summed E-state index contributed by atoms with van der Waals surface area (Å²) in [5.41, 5.74) is 1.01. The zero-order chi connectivity index (χ0) is 14.5. The van der Waals surface area contributed by atoms with Crippen LogP contribution in [0.5, 0.6) is 0 Å². The Morgan fingerprint density at radius 3 is 2.67 bits per heavy atom. The maximum absolute atomic E-state index is 4.92. The number of rotatable bonds is 1. The van der Waals surface area contributed by atoms with Gasteiger partial charge in [-0.1, -0.05) is 30.0 Å². The SMILES string of the molecule is CN1CCSC1=NC(=Nc1ccccc1)[S+]1CCNCC1. The second-order valence-electron chi connectivity index (χ2n) is 5.05. The summed E-state index contributed by atoms with van der Waals surface area (Å²) in [5.74, 6) is 3.43. The second kappa shape index (κ2) is 7.33. The van der Waals surface area contributed by atoms with Crippen LogP contribution in [0.4, 0.5) is 5.69 Å². The van der Waals surface area contributed by atoms with Crippen LogP contribution in [0.15, 0.2) is 40.3 Å². The molecule has 1 N–H and O–H groups in total. The standard InChI is InChI=1S/C15H21N4S2/c1-19-9-10-20-15(19)18-14(21-11-7-16-8-12-21)17-13-5-3-2-4-6-13/h2-6,16H,7-12H2,1H3/q+1. The van der Waals surface area contributed by atoms with Crippen LogP contribution in [0.3, 0.4) is 0 Å². The molecule has 2 aliphatic heterocycles. The molecule has 2 heterocycles. The van der Waals surface area contributed by atoms with E-state index in [1.165, 1.54) is 0 Å². The summed E-state index contributed by atoms with van der Waals surface area (Å²) in [6, 6.07) is 10.2. The highest BCUT2D eigenvalue weighted by Crippen LogP contribution is 2.20. The maximum atomic E-state index is 4.92. The van der Waals surface area contributed by atoms with Gasteiger partial charge in [-0.15, -0.1) is 0 Å². The first-order chi connectivity index (χ1) is 10.3. The molecule has 3 rings (SSSR count). The minimum Gasteiger partial charge on any atom is -0.353 e. The van der Waals surface area contributed by atoms with E-state index in [1.807, 2.05) is 30.0 Å². The number of hydrogen-bond acceptors (Lipinski definition) is 3. The van der Waals surface area contributed by atoms with Gasteiger partial charge in [0.2, 0.25) is 0 Å². The Morgan fingerprint density at radius 1 is 1.24 bits per heavy atom. The Kier molecular flexibility index (Phi) is 5.22. The van der Waals surface area contributed by atoms with Crippen molar-refractivity contribution in [2.75, 3.05) is 43.9 Å². The van der Waals surface area contributed by atoms with E-state index in [9.17, 15) is 0 Å². The zero-order valence-corrected chi connectivity index (χ0v) is 13.9. The van der Waals surface area contributed by atoms with E-state index in [0.29, 0.717) is 0 Å². The normalized spacial score (nSPS) is 23.0. The molecule has 2 aliphatic rings. The number of hydrogen-bond donors (Lipinski definition) is 1. The minimum absolute atomic E-state index is 0.166. The highest BCUT2D eigenvalue weighted by Gasteiger charge is 2.30. The van der Waals surface area contributed by atoms with Gasteiger partial charge in [0.1, 0.15) is 11.5 Å². The van der Waals surface area contributed by atoms with Gasteiger partial charge in [0.25, 0.3) is 0 Å². The molecule has 0 bridgehead atoms. The molecule has 0 aliphatic carbocycles. The maximum Gasteiger partial charge on any atom is 0.347 e. The summed E-state index contributed by atoms with van der Waals surface area (Å²) >= 11 is 1.84. The van der Waals surface area contributed by atoms with E-state index in [1.54, 1.807) is 0 Å². The van der Waals surface area contributed by atoms with Gasteiger partial charge in [-0.3, -0.25) is 0 Å². The van der Waals surface area contributed by atoms with Gasteiger partial charge in [-0.05, 0) is 12.1 Å². The molecular weight excluding hydrogens is 300 g/mol. The molecular formula is C15H21N4S2+. The zero-order valence-electron chi connectivity index (χ0n) is 12.3. The van der Waals surface area contributed by atoms with Gasteiger partial charge in [0.15, 0.2) is 5.17 Å². The van der Waals surface area contributed by atoms with Crippen molar-refractivity contribution in [2.24, 2.45) is 9.98 Å². The smallest absolute Gasteiger partial charge is 0.347 e. The van der Waals surface area contributed by atoms with Crippen LogP contribution in [0.1, 0.15) is 0 Å². The molecule has 2 fully saturated rings. The summed E-state index contributed by atoms with van der Waals surface area (Å²) in [6.07, 6.45) is 0. The lowest BCUT2D eigenvalue weighted by atomic mass is 10.3. The van der Waals surface area contributed by atoms with Gasteiger partial charge in [0, 0.05) is 32.4 Å². The molecule has 1 aromatic carbocycles. The van der Waals surface area contributed by atoms with Crippen LogP contribution in [0.2, 0.25) is 0 Å². The Hall–Kier alpha value is -0.980. The van der Waals surface area contributed by atoms with Crippen LogP contribution in [-0.4, -0.2) is 59.2 Å². The molecule has 112 valence electrons. The molecule has 0 aromatic heterocycles. The molecule has 0 unspecified atom stereocenters. The molecule has 0 saturated carbocycles. The molecule has 0 radical (unpaired) electrons. The fourth-order valence-electron chi connectivity index (χ4n) is 2.25. The van der Waals surface area contributed by atoms with Gasteiger partial charge < -0.3 is 10.2 Å². The van der Waals surface area contributed by atoms with Gasteiger partial charge in [-0.25, -0.2) is 0 Å². The van der Waals surface area contributed by atoms with Crippen molar-refractivity contribution < 1.29 is 0 Å². The van der Waals surface area contributed by atoms with Gasteiger partial charge in [0.05, 0.1) is 16.6 Å². The average molecular weight is 321 g/mol. The average Bonchev–Trinajstić information content (AvgIpc) is 2.94. The number of aliphatic imine (C=N–C) groups is 2. The minimum atomic E-state index is 0.166. The van der Waals surface area contributed by atoms with Crippen molar-refractivity contribution in [3.63, 3.8) is 0 Å². The summed E-state index contributed by atoms with van der Waals surface area (Å²) < 4.78 is 0. The predicted molar refractivity (Wildman–Crippen MR) is 96.0 cm³/mol. The number of benzene rings is 1. The molecule has 1 aromatic rings. The Bertz CT molecular complexity index is 524. The van der Waals surface area contributed by atoms with Crippen LogP contribution in [0, 0.1) is 0 Å². The van der Waals surface area contributed by atoms with E-state index in [-0.39, 0.29) is 10.9 Å². The highest BCUT2D eigenvalue weighted by atomic mass is 32.2. The molecule has 0 spiro atoms. The number of amidine groups is 2. The molecule has 21 heavy (non-hydrogen) atoms. The Morgan fingerprint density at radius 2 is 2.00 bits per heavy atom. The van der Waals surface area contributed by atoms with E-state index in [2.05, 4.69) is 29.4 Å². The first-order valence-corrected chi connectivity index (χ1v) is 9.82. The van der Waals surface area contributed by atoms with E-state index < -0.39 is 0 Å². The van der Waals surface area contributed by atoms with Crippen molar-refractivity contribution >= 4 is 38.7 Å². The molecule has 2 saturated heterocycles. The Labute approximate surface area is 133 Å². The third-order valence-corrected chi connectivity index (χ3v) is 6.61. The van der Waals surface area contributed by atoms with Crippen LogP contribution in [0.25, 0.3) is 0 Å².